The van der Waals surface area contributed by atoms with E-state index in [1.165, 1.54) is 0 Å². The maximum Gasteiger partial charge on any atom is 0.322 e. The first-order valence-electron chi connectivity index (χ1n) is 5.48. The van der Waals surface area contributed by atoms with E-state index in [-0.39, 0.29) is 17.9 Å². The summed E-state index contributed by atoms with van der Waals surface area (Å²) in [6.07, 6.45) is 0.893. The van der Waals surface area contributed by atoms with Crippen molar-refractivity contribution in [2.24, 2.45) is 5.73 Å². The number of carboxylic acid groups (broad SMARTS) is 1. The average Bonchev–Trinajstić information content (AvgIpc) is 2.42. The molecule has 0 aliphatic carbocycles. The van der Waals surface area contributed by atoms with E-state index < -0.39 is 34.9 Å². The highest BCUT2D eigenvalue weighted by atomic mass is 16.6. The van der Waals surface area contributed by atoms with Crippen LogP contribution in [-0.4, -0.2) is 45.9 Å². The Morgan fingerprint density at radius 3 is 2.57 bits per heavy atom. The largest absolute Gasteiger partial charge is 0.480 e. The first-order chi connectivity index (χ1) is 9.81. The van der Waals surface area contributed by atoms with Crippen LogP contribution in [0.25, 0.3) is 0 Å². The van der Waals surface area contributed by atoms with Crippen LogP contribution in [0.1, 0.15) is 10.4 Å². The zero-order valence-corrected chi connectivity index (χ0v) is 10.5. The highest BCUT2D eigenvalue weighted by molar-refractivity contribution is 5.98. The third-order valence-electron chi connectivity index (χ3n) is 2.20. The van der Waals surface area contributed by atoms with Gasteiger partial charge in [-0.1, -0.05) is 0 Å². The minimum Gasteiger partial charge on any atom is -0.480 e. The van der Waals surface area contributed by atoms with E-state index in [0.717, 1.165) is 12.3 Å². The molecule has 0 aliphatic rings. The molecule has 0 unspecified atom stereocenters. The molecule has 2 amide bonds. The molecule has 1 rings (SSSR count). The lowest BCUT2D eigenvalue weighted by molar-refractivity contribution is -0.385. The van der Waals surface area contributed by atoms with Gasteiger partial charge in [-0.2, -0.15) is 0 Å². The molecule has 0 fully saturated rings. The number of nitrogens with two attached hydrogens (primary N) is 1. The minimum atomic E-state index is -1.21. The van der Waals surface area contributed by atoms with Gasteiger partial charge in [0, 0.05) is 6.07 Å². The molecule has 112 valence electrons. The number of aromatic nitrogens is 1. The number of rotatable bonds is 7. The van der Waals surface area contributed by atoms with Crippen molar-refractivity contribution in [3.63, 3.8) is 0 Å². The second-order valence-corrected chi connectivity index (χ2v) is 3.74. The number of primary amides is 1. The standard InChI is InChI=1S/C10H11N5O6/c11-9(19)6-1-5(15(20)21)2-13-10(6)14-3-7(16)12-4-8(17)18/h1-2H,3-4H2,(H2,11,19)(H,12,16)(H,13,14)(H,17,18). The Labute approximate surface area is 117 Å². The quantitative estimate of drug-likeness (QED) is 0.354. The fourth-order valence-electron chi connectivity index (χ4n) is 1.28. The number of aliphatic carboxylic acids is 1. The number of hydrogen-bond donors (Lipinski definition) is 4. The summed E-state index contributed by atoms with van der Waals surface area (Å²) in [6.45, 7) is -0.935. The minimum absolute atomic E-state index is 0.112. The smallest absolute Gasteiger partial charge is 0.322 e. The number of pyridine rings is 1. The molecule has 0 aliphatic heterocycles. The molecule has 11 nitrogen and oxygen atoms in total. The number of anilines is 1. The Hall–Kier alpha value is -3.24. The number of nitro groups is 1. The van der Waals surface area contributed by atoms with Crippen molar-refractivity contribution in [1.29, 1.82) is 0 Å². The Balaban J connectivity index is 2.79. The lowest BCUT2D eigenvalue weighted by Crippen LogP contribution is -2.34. The fourth-order valence-corrected chi connectivity index (χ4v) is 1.28. The van der Waals surface area contributed by atoms with Crippen molar-refractivity contribution < 1.29 is 24.4 Å². The molecule has 0 atom stereocenters. The summed E-state index contributed by atoms with van der Waals surface area (Å²) < 4.78 is 0. The van der Waals surface area contributed by atoms with Gasteiger partial charge in [-0.3, -0.25) is 24.5 Å². The van der Waals surface area contributed by atoms with Gasteiger partial charge in [0.15, 0.2) is 0 Å². The predicted molar refractivity (Wildman–Crippen MR) is 68.5 cm³/mol. The van der Waals surface area contributed by atoms with Crippen LogP contribution in [0.3, 0.4) is 0 Å². The van der Waals surface area contributed by atoms with Crippen LogP contribution in [-0.2, 0) is 9.59 Å². The maximum absolute atomic E-state index is 11.3. The van der Waals surface area contributed by atoms with E-state index >= 15 is 0 Å². The summed E-state index contributed by atoms with van der Waals surface area (Å²) in [5.41, 5.74) is 4.39. The van der Waals surface area contributed by atoms with Gasteiger partial charge in [0.05, 0.1) is 17.0 Å². The van der Waals surface area contributed by atoms with E-state index in [0.29, 0.717) is 0 Å². The second kappa shape index (κ2) is 6.79. The molecule has 0 aromatic carbocycles. The number of carbonyl (C=O) groups is 3. The van der Waals surface area contributed by atoms with Gasteiger partial charge in [-0.25, -0.2) is 4.98 Å². The van der Waals surface area contributed by atoms with Crippen LogP contribution < -0.4 is 16.4 Å². The van der Waals surface area contributed by atoms with Gasteiger partial charge in [-0.15, -0.1) is 0 Å². The summed E-state index contributed by atoms with van der Waals surface area (Å²) in [5, 5.41) is 23.5. The number of hydrogen-bond acceptors (Lipinski definition) is 7. The van der Waals surface area contributed by atoms with Gasteiger partial charge in [0.25, 0.3) is 11.6 Å². The molecule has 1 aromatic heterocycles. The van der Waals surface area contributed by atoms with Crippen LogP contribution in [0.15, 0.2) is 12.3 Å². The summed E-state index contributed by atoms with van der Waals surface area (Å²) >= 11 is 0. The Morgan fingerprint density at radius 2 is 2.05 bits per heavy atom. The highest BCUT2D eigenvalue weighted by Gasteiger charge is 2.16. The molecule has 0 saturated heterocycles. The molecule has 0 bridgehead atoms. The van der Waals surface area contributed by atoms with Crippen LogP contribution in [0.4, 0.5) is 11.5 Å². The van der Waals surface area contributed by atoms with E-state index in [1.807, 2.05) is 0 Å². The first kappa shape index (κ1) is 15.8. The highest BCUT2D eigenvalue weighted by Crippen LogP contribution is 2.18. The molecule has 0 radical (unpaired) electrons. The van der Waals surface area contributed by atoms with Gasteiger partial charge in [-0.05, 0) is 0 Å². The Kier molecular flexibility index (Phi) is 5.11. The zero-order valence-electron chi connectivity index (χ0n) is 10.5. The van der Waals surface area contributed by atoms with Crippen LogP contribution in [0, 0.1) is 10.1 Å². The summed E-state index contributed by atoms with van der Waals surface area (Å²) in [6, 6.07) is 0.923. The lowest BCUT2D eigenvalue weighted by atomic mass is 10.2. The summed E-state index contributed by atoms with van der Waals surface area (Å²) in [4.78, 5) is 46.2. The van der Waals surface area contributed by atoms with Crippen molar-refractivity contribution in [1.82, 2.24) is 10.3 Å². The first-order valence-corrected chi connectivity index (χ1v) is 5.48. The normalized spacial score (nSPS) is 9.71. The SMILES string of the molecule is NC(=O)c1cc([N+](=O)[O-])cnc1NCC(=O)NCC(=O)O. The van der Waals surface area contributed by atoms with Gasteiger partial charge in [0.1, 0.15) is 18.6 Å². The molecule has 21 heavy (non-hydrogen) atoms. The van der Waals surface area contributed by atoms with Crippen molar-refractivity contribution in [2.75, 3.05) is 18.4 Å². The third-order valence-corrected chi connectivity index (χ3v) is 2.20. The number of nitrogens with one attached hydrogen (secondary N) is 2. The Bertz CT molecular complexity index is 602. The molecular weight excluding hydrogens is 286 g/mol. The van der Waals surface area contributed by atoms with E-state index in [1.54, 1.807) is 0 Å². The lowest BCUT2D eigenvalue weighted by Gasteiger charge is -2.08. The van der Waals surface area contributed by atoms with Crippen LogP contribution >= 0.6 is 0 Å². The molecule has 5 N–H and O–H groups in total. The number of carbonyl (C=O) groups excluding carboxylic acids is 2. The topological polar surface area (TPSA) is 178 Å². The molecule has 11 heteroatoms. The van der Waals surface area contributed by atoms with Crippen LogP contribution in [0.5, 0.6) is 0 Å². The number of nitrogens with zero attached hydrogens (tertiary/aromatic N) is 2. The van der Waals surface area contributed by atoms with Crippen molar-refractivity contribution in [2.45, 2.75) is 0 Å². The molecular formula is C10H11N5O6. The van der Waals surface area contributed by atoms with E-state index in [2.05, 4.69) is 15.6 Å². The third kappa shape index (κ3) is 4.74. The maximum atomic E-state index is 11.3. The van der Waals surface area contributed by atoms with E-state index in [4.69, 9.17) is 10.8 Å². The molecule has 0 saturated carbocycles. The summed E-state index contributed by atoms with van der Waals surface area (Å²) in [7, 11) is 0. The van der Waals surface area contributed by atoms with E-state index in [9.17, 15) is 24.5 Å². The fraction of sp³-hybridized carbons (Fsp3) is 0.200. The van der Waals surface area contributed by atoms with Crippen molar-refractivity contribution >= 4 is 29.3 Å². The molecule has 1 heterocycles. The van der Waals surface area contributed by atoms with Crippen molar-refractivity contribution in [3.05, 3.63) is 27.9 Å². The van der Waals surface area contributed by atoms with Crippen molar-refractivity contribution in [3.8, 4) is 0 Å². The predicted octanol–water partition coefficient (Wildman–Crippen LogP) is -1.30. The average molecular weight is 297 g/mol. The Morgan fingerprint density at radius 1 is 1.38 bits per heavy atom. The molecule has 1 aromatic rings. The monoisotopic (exact) mass is 297 g/mol. The van der Waals surface area contributed by atoms with Gasteiger partial charge in [0.2, 0.25) is 5.91 Å². The van der Waals surface area contributed by atoms with Gasteiger partial charge < -0.3 is 21.5 Å². The van der Waals surface area contributed by atoms with Gasteiger partial charge >= 0.3 is 5.97 Å². The number of amides is 2. The second-order valence-electron chi connectivity index (χ2n) is 3.74. The van der Waals surface area contributed by atoms with Crippen LogP contribution in [0.2, 0.25) is 0 Å². The zero-order chi connectivity index (χ0) is 16.0. The summed E-state index contributed by atoms with van der Waals surface area (Å²) in [5.74, 6) is -2.94. The molecule has 0 spiro atoms. The number of carboxylic acids is 1.